The molecule has 0 aliphatic heterocycles. The van der Waals surface area contributed by atoms with Crippen molar-refractivity contribution in [3.63, 3.8) is 0 Å². The third-order valence-electron chi connectivity index (χ3n) is 4.17. The van der Waals surface area contributed by atoms with Crippen LogP contribution in [0.2, 0.25) is 0 Å². The molecule has 0 heterocycles. The monoisotopic (exact) mass is 341 g/mol. The summed E-state index contributed by atoms with van der Waals surface area (Å²) < 4.78 is 5.15. The summed E-state index contributed by atoms with van der Waals surface area (Å²) in [4.78, 5) is 0. The molecule has 126 valence electrons. The van der Waals surface area contributed by atoms with Crippen molar-refractivity contribution in [3.05, 3.63) is 65.7 Å². The van der Waals surface area contributed by atoms with Crippen LogP contribution in [0, 0.1) is 22.7 Å². The van der Waals surface area contributed by atoms with Gasteiger partial charge in [-0.25, -0.2) is 0 Å². The molecule has 0 aromatic heterocycles. The van der Waals surface area contributed by atoms with Crippen molar-refractivity contribution in [2.75, 3.05) is 12.8 Å². The van der Waals surface area contributed by atoms with Crippen molar-refractivity contribution in [2.24, 2.45) is 0 Å². The van der Waals surface area contributed by atoms with Crippen LogP contribution in [-0.4, -0.2) is 12.2 Å². The molecule has 0 spiro atoms. The Morgan fingerprint density at radius 1 is 0.885 bits per heavy atom. The quantitative estimate of drug-likeness (QED) is 0.699. The van der Waals surface area contributed by atoms with Crippen LogP contribution >= 0.6 is 0 Å². The van der Waals surface area contributed by atoms with Gasteiger partial charge in [0.25, 0.3) is 0 Å². The van der Waals surface area contributed by atoms with Gasteiger partial charge in [0.05, 0.1) is 23.9 Å². The SMILES string of the molecule is COc1cc(-c2cc(-c3ccccc3)c(C#N)c(N)c2C#N)ccc1O. The molecular formula is C21H15N3O2. The Morgan fingerprint density at radius 3 is 2.08 bits per heavy atom. The number of nitrogens with two attached hydrogens (primary N) is 1. The number of hydrogen-bond donors (Lipinski definition) is 2. The number of ether oxygens (including phenoxy) is 1. The number of rotatable bonds is 3. The maximum absolute atomic E-state index is 9.82. The summed E-state index contributed by atoms with van der Waals surface area (Å²) in [5.74, 6) is 0.287. The smallest absolute Gasteiger partial charge is 0.161 e. The second-order valence-electron chi connectivity index (χ2n) is 5.61. The van der Waals surface area contributed by atoms with E-state index in [9.17, 15) is 15.6 Å². The van der Waals surface area contributed by atoms with E-state index in [-0.39, 0.29) is 28.3 Å². The molecule has 5 heteroatoms. The van der Waals surface area contributed by atoms with Crippen molar-refractivity contribution in [3.8, 4) is 45.9 Å². The number of nitrogen functional groups attached to an aromatic ring is 1. The highest BCUT2D eigenvalue weighted by atomic mass is 16.5. The topological polar surface area (TPSA) is 103 Å². The van der Waals surface area contributed by atoms with Crippen molar-refractivity contribution in [1.29, 1.82) is 10.5 Å². The van der Waals surface area contributed by atoms with Gasteiger partial charge in [-0.2, -0.15) is 10.5 Å². The van der Waals surface area contributed by atoms with E-state index in [1.165, 1.54) is 13.2 Å². The number of anilines is 1. The van der Waals surface area contributed by atoms with E-state index in [1.54, 1.807) is 18.2 Å². The Morgan fingerprint density at radius 2 is 1.50 bits per heavy atom. The molecule has 3 aromatic rings. The van der Waals surface area contributed by atoms with E-state index in [2.05, 4.69) is 12.1 Å². The first-order valence-electron chi connectivity index (χ1n) is 7.80. The third-order valence-corrected chi connectivity index (χ3v) is 4.17. The minimum absolute atomic E-state index is 0.000317. The number of methoxy groups -OCH3 is 1. The fourth-order valence-corrected chi connectivity index (χ4v) is 2.86. The lowest BCUT2D eigenvalue weighted by molar-refractivity contribution is 0.373. The molecule has 0 fully saturated rings. The van der Waals surface area contributed by atoms with Crippen LogP contribution in [0.4, 0.5) is 5.69 Å². The van der Waals surface area contributed by atoms with Crippen LogP contribution in [0.25, 0.3) is 22.3 Å². The van der Waals surface area contributed by atoms with Crippen molar-refractivity contribution in [2.45, 2.75) is 0 Å². The molecule has 0 bridgehead atoms. The summed E-state index contributed by atoms with van der Waals surface area (Å²) >= 11 is 0. The van der Waals surface area contributed by atoms with Crippen LogP contribution in [-0.2, 0) is 0 Å². The number of benzene rings is 3. The fraction of sp³-hybridized carbons (Fsp3) is 0.0476. The maximum atomic E-state index is 9.82. The predicted octanol–water partition coefficient (Wildman–Crippen LogP) is 4.06. The highest BCUT2D eigenvalue weighted by Crippen LogP contribution is 2.39. The van der Waals surface area contributed by atoms with Gasteiger partial charge in [-0.15, -0.1) is 0 Å². The summed E-state index contributed by atoms with van der Waals surface area (Å²) in [7, 11) is 1.45. The summed E-state index contributed by atoms with van der Waals surface area (Å²) in [6.45, 7) is 0. The Hall–Kier alpha value is -3.96. The molecule has 0 atom stereocenters. The second kappa shape index (κ2) is 6.88. The van der Waals surface area contributed by atoms with Gasteiger partial charge in [-0.3, -0.25) is 0 Å². The number of phenols is 1. The molecule has 0 saturated heterocycles. The minimum Gasteiger partial charge on any atom is -0.504 e. The third kappa shape index (κ3) is 2.79. The van der Waals surface area contributed by atoms with E-state index < -0.39 is 0 Å². The lowest BCUT2D eigenvalue weighted by Crippen LogP contribution is -2.01. The van der Waals surface area contributed by atoms with Gasteiger partial charge in [-0.05, 0) is 29.3 Å². The van der Waals surface area contributed by atoms with Crippen LogP contribution in [0.1, 0.15) is 11.1 Å². The normalized spacial score (nSPS) is 9.96. The highest BCUT2D eigenvalue weighted by molar-refractivity contribution is 5.89. The summed E-state index contributed by atoms with van der Waals surface area (Å²) in [6, 6.07) is 20.1. The molecule has 3 N–H and O–H groups in total. The number of aromatic hydroxyl groups is 1. The number of hydrogen-bond acceptors (Lipinski definition) is 5. The molecule has 3 rings (SSSR count). The molecule has 0 aliphatic rings. The first kappa shape index (κ1) is 16.9. The van der Waals surface area contributed by atoms with Crippen LogP contribution < -0.4 is 10.5 Å². The zero-order chi connectivity index (χ0) is 18.7. The van der Waals surface area contributed by atoms with E-state index >= 15 is 0 Å². The molecular weight excluding hydrogens is 326 g/mol. The van der Waals surface area contributed by atoms with Gasteiger partial charge in [0.1, 0.15) is 12.1 Å². The first-order chi connectivity index (χ1) is 12.6. The molecule has 0 aliphatic carbocycles. The van der Waals surface area contributed by atoms with E-state index in [0.717, 1.165) is 5.56 Å². The maximum Gasteiger partial charge on any atom is 0.161 e. The van der Waals surface area contributed by atoms with Gasteiger partial charge < -0.3 is 15.6 Å². The van der Waals surface area contributed by atoms with Crippen molar-refractivity contribution < 1.29 is 9.84 Å². The van der Waals surface area contributed by atoms with E-state index in [1.807, 2.05) is 30.3 Å². The second-order valence-corrected chi connectivity index (χ2v) is 5.61. The molecule has 3 aromatic carbocycles. The largest absolute Gasteiger partial charge is 0.504 e. The Labute approximate surface area is 151 Å². The van der Waals surface area contributed by atoms with Crippen LogP contribution in [0.3, 0.4) is 0 Å². The average Bonchev–Trinajstić information content (AvgIpc) is 2.68. The lowest BCUT2D eigenvalue weighted by Gasteiger charge is -2.14. The summed E-state index contributed by atoms with van der Waals surface area (Å²) in [6.07, 6.45) is 0. The van der Waals surface area contributed by atoms with Crippen molar-refractivity contribution in [1.82, 2.24) is 0 Å². The number of nitrogens with zero attached hydrogens (tertiary/aromatic N) is 2. The number of phenolic OH excluding ortho intramolecular Hbond substituents is 1. The fourth-order valence-electron chi connectivity index (χ4n) is 2.86. The van der Waals surface area contributed by atoms with Crippen molar-refractivity contribution >= 4 is 5.69 Å². The van der Waals surface area contributed by atoms with Crippen LogP contribution in [0.15, 0.2) is 54.6 Å². The number of nitriles is 2. The zero-order valence-corrected chi connectivity index (χ0v) is 14.0. The molecule has 0 unspecified atom stereocenters. The summed E-state index contributed by atoms with van der Waals surface area (Å²) in [5.41, 5.74) is 9.47. The molecule has 5 nitrogen and oxygen atoms in total. The summed E-state index contributed by atoms with van der Waals surface area (Å²) in [5, 5.41) is 29.0. The molecule has 0 radical (unpaired) electrons. The van der Waals surface area contributed by atoms with Gasteiger partial charge in [-0.1, -0.05) is 36.4 Å². The Balaban J connectivity index is 2.35. The standard InChI is InChI=1S/C21H15N3O2/c1-26-20-9-14(7-8-19(20)25)16-10-15(13-5-3-2-4-6-13)17(11-22)21(24)18(16)12-23/h2-10,25H,24H2,1H3. The minimum atomic E-state index is -0.000317. The first-order valence-corrected chi connectivity index (χ1v) is 7.80. The van der Waals surface area contributed by atoms with Gasteiger partial charge >= 0.3 is 0 Å². The molecule has 26 heavy (non-hydrogen) atoms. The molecule has 0 amide bonds. The Bertz CT molecular complexity index is 1060. The highest BCUT2D eigenvalue weighted by Gasteiger charge is 2.19. The predicted molar refractivity (Wildman–Crippen MR) is 99.4 cm³/mol. The Kier molecular flexibility index (Phi) is 4.47. The van der Waals surface area contributed by atoms with E-state index in [0.29, 0.717) is 16.7 Å². The lowest BCUT2D eigenvalue weighted by atomic mass is 9.89. The van der Waals surface area contributed by atoms with Gasteiger partial charge in [0, 0.05) is 11.1 Å². The zero-order valence-electron chi connectivity index (χ0n) is 14.0. The van der Waals surface area contributed by atoms with Gasteiger partial charge in [0.15, 0.2) is 11.5 Å². The molecule has 0 saturated carbocycles. The van der Waals surface area contributed by atoms with Crippen LogP contribution in [0.5, 0.6) is 11.5 Å². The average molecular weight is 341 g/mol. The van der Waals surface area contributed by atoms with Gasteiger partial charge in [0.2, 0.25) is 0 Å². The van der Waals surface area contributed by atoms with E-state index in [4.69, 9.17) is 10.5 Å².